The van der Waals surface area contributed by atoms with Crippen molar-refractivity contribution in [3.63, 3.8) is 0 Å². The number of aromatic nitrogens is 1. The van der Waals surface area contributed by atoms with Crippen LogP contribution in [0.1, 0.15) is 0 Å². The van der Waals surface area contributed by atoms with Crippen LogP contribution in [0.3, 0.4) is 0 Å². The van der Waals surface area contributed by atoms with E-state index in [1.54, 1.807) is 0 Å². The monoisotopic (exact) mass is 668 g/mol. The molecule has 0 bridgehead atoms. The number of fused-ring (bicyclic) bond motifs is 6. The van der Waals surface area contributed by atoms with E-state index in [2.05, 4.69) is 204 Å². The zero-order valence-corrected chi connectivity index (χ0v) is 28.6. The number of hydrogen-bond acceptors (Lipinski definition) is 2. The Kier molecular flexibility index (Phi) is 7.04. The number of benzene rings is 8. The summed E-state index contributed by atoms with van der Waals surface area (Å²) < 4.78 is 5.04. The van der Waals surface area contributed by atoms with Gasteiger partial charge in [0.05, 0.1) is 21.4 Å². The third-order valence-electron chi connectivity index (χ3n) is 9.95. The summed E-state index contributed by atoms with van der Waals surface area (Å²) in [4.78, 5) is 2.43. The van der Waals surface area contributed by atoms with E-state index in [1.165, 1.54) is 69.9 Å². The average Bonchev–Trinajstić information content (AvgIpc) is 3.75. The van der Waals surface area contributed by atoms with Gasteiger partial charge in [-0.15, -0.1) is 11.3 Å². The lowest BCUT2D eigenvalue weighted by Gasteiger charge is -2.26. The number of anilines is 3. The van der Waals surface area contributed by atoms with Crippen LogP contribution in [0.4, 0.5) is 17.1 Å². The maximum Gasteiger partial charge on any atom is 0.0640 e. The summed E-state index contributed by atoms with van der Waals surface area (Å²) in [6.07, 6.45) is 0. The van der Waals surface area contributed by atoms with Crippen molar-refractivity contribution in [2.75, 3.05) is 4.90 Å². The Balaban J connectivity index is 1.31. The van der Waals surface area contributed by atoms with E-state index >= 15 is 0 Å². The van der Waals surface area contributed by atoms with Crippen LogP contribution in [0.25, 0.3) is 69.9 Å². The smallest absolute Gasteiger partial charge is 0.0640 e. The van der Waals surface area contributed by atoms with Gasteiger partial charge in [0.25, 0.3) is 0 Å². The molecule has 0 amide bonds. The second kappa shape index (κ2) is 12.2. The maximum absolute atomic E-state index is 2.45. The number of para-hydroxylation sites is 2. The van der Waals surface area contributed by atoms with Crippen molar-refractivity contribution < 1.29 is 0 Å². The topological polar surface area (TPSA) is 8.17 Å². The molecule has 0 aliphatic rings. The summed E-state index contributed by atoms with van der Waals surface area (Å²) in [5, 5.41) is 5.03. The van der Waals surface area contributed by atoms with Crippen LogP contribution in [-0.2, 0) is 0 Å². The molecule has 8 aromatic carbocycles. The Labute approximate surface area is 300 Å². The Hall–Kier alpha value is -6.42. The van der Waals surface area contributed by atoms with E-state index in [0.29, 0.717) is 0 Å². The van der Waals surface area contributed by atoms with Crippen LogP contribution in [0.2, 0.25) is 0 Å². The van der Waals surface area contributed by atoms with Gasteiger partial charge in [-0.1, -0.05) is 127 Å². The fraction of sp³-hybridized carbons (Fsp3) is 0. The van der Waals surface area contributed by atoms with E-state index in [9.17, 15) is 0 Å². The van der Waals surface area contributed by atoms with Crippen molar-refractivity contribution in [3.05, 3.63) is 194 Å². The van der Waals surface area contributed by atoms with Gasteiger partial charge in [0, 0.05) is 48.9 Å². The molecule has 10 aromatic rings. The van der Waals surface area contributed by atoms with Gasteiger partial charge in [-0.05, 0) is 83.4 Å². The minimum Gasteiger partial charge on any atom is -0.309 e. The number of rotatable bonds is 6. The highest BCUT2D eigenvalue weighted by atomic mass is 32.1. The quantitative estimate of drug-likeness (QED) is 0.171. The molecule has 0 unspecified atom stereocenters. The third-order valence-corrected chi connectivity index (χ3v) is 11.2. The molecule has 0 aliphatic heterocycles. The number of hydrogen-bond donors (Lipinski definition) is 0. The van der Waals surface area contributed by atoms with E-state index in [4.69, 9.17) is 0 Å². The first-order valence-electron chi connectivity index (χ1n) is 17.4. The second-order valence-electron chi connectivity index (χ2n) is 12.9. The Morgan fingerprint density at radius 3 is 1.82 bits per heavy atom. The molecule has 2 heterocycles. The Morgan fingerprint density at radius 2 is 1.06 bits per heavy atom. The fourth-order valence-corrected chi connectivity index (χ4v) is 8.87. The molecular weight excluding hydrogens is 637 g/mol. The molecule has 0 N–H and O–H groups in total. The van der Waals surface area contributed by atoms with Crippen LogP contribution in [-0.4, -0.2) is 4.57 Å². The predicted octanol–water partition coefficient (Wildman–Crippen LogP) is 14.0. The van der Waals surface area contributed by atoms with Crippen molar-refractivity contribution >= 4 is 70.4 Å². The third kappa shape index (κ3) is 4.93. The molecule has 0 atom stereocenters. The molecule has 2 aromatic heterocycles. The highest BCUT2D eigenvalue weighted by Crippen LogP contribution is 2.47. The largest absolute Gasteiger partial charge is 0.309 e. The van der Waals surface area contributed by atoms with E-state index in [1.807, 2.05) is 11.3 Å². The molecule has 0 fully saturated rings. The van der Waals surface area contributed by atoms with Gasteiger partial charge in [0.1, 0.15) is 0 Å². The van der Waals surface area contributed by atoms with Crippen LogP contribution in [0.5, 0.6) is 0 Å². The normalized spacial score (nSPS) is 11.5. The van der Waals surface area contributed by atoms with Crippen LogP contribution in [0.15, 0.2) is 194 Å². The Morgan fingerprint density at radius 1 is 0.412 bits per heavy atom. The molecule has 0 spiro atoms. The second-order valence-corrected chi connectivity index (χ2v) is 14.0. The minimum absolute atomic E-state index is 1.12. The fourth-order valence-electron chi connectivity index (χ4n) is 7.67. The summed E-state index contributed by atoms with van der Waals surface area (Å²) >= 11 is 1.87. The first kappa shape index (κ1) is 29.5. The molecule has 0 saturated carbocycles. The molecule has 51 heavy (non-hydrogen) atoms. The van der Waals surface area contributed by atoms with E-state index in [-0.39, 0.29) is 0 Å². The van der Waals surface area contributed by atoms with Crippen molar-refractivity contribution in [3.8, 4) is 27.9 Å². The van der Waals surface area contributed by atoms with E-state index in [0.717, 1.165) is 17.1 Å². The molecule has 0 aliphatic carbocycles. The van der Waals surface area contributed by atoms with Crippen molar-refractivity contribution in [2.45, 2.75) is 0 Å². The summed E-state index contributed by atoms with van der Waals surface area (Å²) in [5.74, 6) is 0. The summed E-state index contributed by atoms with van der Waals surface area (Å²) in [7, 11) is 0. The summed E-state index contributed by atoms with van der Waals surface area (Å²) in [6.45, 7) is 0. The highest BCUT2D eigenvalue weighted by Gasteiger charge is 2.22. The van der Waals surface area contributed by atoms with Crippen molar-refractivity contribution in [2.24, 2.45) is 0 Å². The van der Waals surface area contributed by atoms with Gasteiger partial charge in [-0.2, -0.15) is 0 Å². The SMILES string of the molecule is c1ccc(-c2cc(-c3ccccc3)c3c(c2)c2cc(N(c4ccccc4)c4cccc5c4sc4ccccc45)ccc2n3-c2ccccc2)cc1. The highest BCUT2D eigenvalue weighted by molar-refractivity contribution is 7.26. The van der Waals surface area contributed by atoms with Crippen LogP contribution in [0, 0.1) is 0 Å². The lowest BCUT2D eigenvalue weighted by Crippen LogP contribution is -2.09. The predicted molar refractivity (Wildman–Crippen MR) is 219 cm³/mol. The van der Waals surface area contributed by atoms with Crippen LogP contribution < -0.4 is 4.90 Å². The molecule has 3 heteroatoms. The van der Waals surface area contributed by atoms with Gasteiger partial charge in [-0.25, -0.2) is 0 Å². The van der Waals surface area contributed by atoms with Gasteiger partial charge in [0.2, 0.25) is 0 Å². The van der Waals surface area contributed by atoms with Gasteiger partial charge >= 0.3 is 0 Å². The number of thiophene rings is 1. The minimum atomic E-state index is 1.12. The first-order chi connectivity index (χ1) is 25.3. The molecule has 0 radical (unpaired) electrons. The van der Waals surface area contributed by atoms with Crippen LogP contribution >= 0.6 is 11.3 Å². The molecular formula is C48H32N2S. The van der Waals surface area contributed by atoms with Gasteiger partial charge in [-0.3, -0.25) is 0 Å². The summed E-state index contributed by atoms with van der Waals surface area (Å²) in [5.41, 5.74) is 11.8. The summed E-state index contributed by atoms with van der Waals surface area (Å²) in [6, 6.07) is 70.4. The molecule has 240 valence electrons. The maximum atomic E-state index is 2.45. The lowest BCUT2D eigenvalue weighted by atomic mass is 9.95. The Bertz CT molecular complexity index is 2840. The van der Waals surface area contributed by atoms with Gasteiger partial charge < -0.3 is 9.47 Å². The molecule has 2 nitrogen and oxygen atoms in total. The van der Waals surface area contributed by atoms with Gasteiger partial charge in [0.15, 0.2) is 0 Å². The first-order valence-corrected chi connectivity index (χ1v) is 18.2. The zero-order chi connectivity index (χ0) is 33.7. The molecule has 0 saturated heterocycles. The lowest BCUT2D eigenvalue weighted by molar-refractivity contribution is 1.18. The zero-order valence-electron chi connectivity index (χ0n) is 27.8. The van der Waals surface area contributed by atoms with E-state index < -0.39 is 0 Å². The average molecular weight is 669 g/mol. The number of nitrogens with zero attached hydrogens (tertiary/aromatic N) is 2. The molecule has 10 rings (SSSR count). The standard InChI is InChI=1S/C48H32N2S/c1-5-16-33(17-6-1)35-30-41(34-18-7-2-8-19-34)47-43(31-35)42-32-38(28-29-44(42)50(47)37-22-11-4-12-23-37)49(36-20-9-3-10-21-36)45-26-15-25-40-39-24-13-14-27-46(39)51-48(40)45/h1-32H. The van der Waals surface area contributed by atoms with Crippen molar-refractivity contribution in [1.29, 1.82) is 0 Å². The van der Waals surface area contributed by atoms with Crippen molar-refractivity contribution in [1.82, 2.24) is 4.57 Å².